The summed E-state index contributed by atoms with van der Waals surface area (Å²) in [4.78, 5) is 32.8. The number of pyridine rings is 2. The zero-order valence-corrected chi connectivity index (χ0v) is 23.5. The van der Waals surface area contributed by atoms with Crippen LogP contribution in [-0.4, -0.2) is 69.3 Å². The molecule has 42 heavy (non-hydrogen) atoms. The Morgan fingerprint density at radius 3 is 2.81 bits per heavy atom. The molecule has 2 atom stereocenters. The first-order valence-electron chi connectivity index (χ1n) is 14.3. The third kappa shape index (κ3) is 7.62. The number of H-pyrrole nitrogens is 1. The summed E-state index contributed by atoms with van der Waals surface area (Å²) in [5.41, 5.74) is 2.41. The molecule has 222 valence electrons. The lowest BCUT2D eigenvalue weighted by Crippen LogP contribution is -2.42. The summed E-state index contributed by atoms with van der Waals surface area (Å²) in [6, 6.07) is 4.86. The van der Waals surface area contributed by atoms with E-state index in [2.05, 4.69) is 35.6 Å². The van der Waals surface area contributed by atoms with Crippen molar-refractivity contribution in [3.63, 3.8) is 0 Å². The van der Waals surface area contributed by atoms with Crippen LogP contribution >= 0.6 is 0 Å². The largest absolute Gasteiger partial charge is 0.379 e. The van der Waals surface area contributed by atoms with Crippen molar-refractivity contribution in [2.45, 2.75) is 57.5 Å². The molecule has 1 aliphatic carbocycles. The highest BCUT2D eigenvalue weighted by atomic mass is 19.1. The van der Waals surface area contributed by atoms with Crippen molar-refractivity contribution in [3.8, 4) is 11.4 Å². The van der Waals surface area contributed by atoms with Gasteiger partial charge in [0.2, 0.25) is 0 Å². The molecule has 10 nitrogen and oxygen atoms in total. The second-order valence-corrected chi connectivity index (χ2v) is 10.3. The number of nitrogens with zero attached hydrogens (tertiary/aromatic N) is 4. The molecule has 0 unspecified atom stereocenters. The quantitative estimate of drug-likeness (QED) is 0.192. The highest BCUT2D eigenvalue weighted by Gasteiger charge is 2.25. The fourth-order valence-corrected chi connectivity index (χ4v) is 5.16. The minimum absolute atomic E-state index is 0.0620. The van der Waals surface area contributed by atoms with Gasteiger partial charge in [-0.2, -0.15) is 0 Å². The Kier molecular flexibility index (Phi) is 9.98. The summed E-state index contributed by atoms with van der Waals surface area (Å²) >= 11 is 0. The van der Waals surface area contributed by atoms with Gasteiger partial charge in [-0.05, 0) is 69.2 Å². The lowest BCUT2D eigenvalue weighted by molar-refractivity contribution is 0.0520. The average Bonchev–Trinajstić information content (AvgIpc) is 3.41. The maximum atomic E-state index is 14.7. The third-order valence-electron chi connectivity index (χ3n) is 7.22. The van der Waals surface area contributed by atoms with E-state index in [1.165, 1.54) is 6.07 Å². The molecule has 1 saturated carbocycles. The molecule has 0 radical (unpaired) electrons. The van der Waals surface area contributed by atoms with Gasteiger partial charge in [-0.3, -0.25) is 9.78 Å². The summed E-state index contributed by atoms with van der Waals surface area (Å²) in [5, 5.41) is 6.80. The topological polar surface area (TPSA) is 127 Å². The fraction of sp³-hybridized carbons (Fsp3) is 0.433. The SMILES string of the molecule is CCOCCOCCCc1ccnc(C(=O)N[C@H]2CCC[C@@H](Nc3nc(-c4c[nH]c5ncc(F)cc45)ncc3F)C2)c1. The van der Waals surface area contributed by atoms with Crippen molar-refractivity contribution in [1.82, 2.24) is 30.2 Å². The van der Waals surface area contributed by atoms with Crippen LogP contribution in [0, 0.1) is 11.6 Å². The van der Waals surface area contributed by atoms with E-state index in [1.807, 2.05) is 19.1 Å². The number of aromatic amines is 1. The normalized spacial score (nSPS) is 16.9. The summed E-state index contributed by atoms with van der Waals surface area (Å²) < 4.78 is 39.4. The Hall–Kier alpha value is -4.03. The van der Waals surface area contributed by atoms with Gasteiger partial charge < -0.3 is 25.1 Å². The van der Waals surface area contributed by atoms with Gasteiger partial charge in [0.15, 0.2) is 17.5 Å². The number of ether oxygens (including phenoxy) is 2. The standard InChI is InChI=1S/C30H35F2N7O3/c1-2-41-11-12-42-10-4-5-19-8-9-33-26(13-19)30(40)38-22-7-3-6-21(15-22)37-29-25(32)18-36-28(39-29)24-17-35-27-23(24)14-20(31)16-34-27/h8-9,13-14,16-18,21-22H,2-7,10-12,15H2,1H3,(H,34,35)(H,38,40)(H,36,37,39)/t21-,22+/m1/s1. The number of rotatable bonds is 13. The Bertz CT molecular complexity index is 1500. The maximum absolute atomic E-state index is 14.7. The van der Waals surface area contributed by atoms with Crippen LogP contribution in [0.5, 0.6) is 0 Å². The van der Waals surface area contributed by atoms with Crippen LogP contribution in [0.25, 0.3) is 22.4 Å². The first kappa shape index (κ1) is 29.5. The van der Waals surface area contributed by atoms with E-state index in [1.54, 1.807) is 12.4 Å². The average molecular weight is 580 g/mol. The molecule has 0 spiro atoms. The molecule has 12 heteroatoms. The number of hydrogen-bond donors (Lipinski definition) is 3. The van der Waals surface area contributed by atoms with Crippen LogP contribution in [0.3, 0.4) is 0 Å². The monoisotopic (exact) mass is 579 g/mol. The molecule has 0 saturated heterocycles. The molecular formula is C30H35F2N7O3. The molecular weight excluding hydrogens is 544 g/mol. The van der Waals surface area contributed by atoms with Crippen molar-refractivity contribution < 1.29 is 23.0 Å². The van der Waals surface area contributed by atoms with Gasteiger partial charge in [0.25, 0.3) is 5.91 Å². The van der Waals surface area contributed by atoms with Crippen LogP contribution < -0.4 is 10.6 Å². The number of halogens is 2. The zero-order valence-electron chi connectivity index (χ0n) is 23.5. The van der Waals surface area contributed by atoms with Gasteiger partial charge in [0.05, 0.1) is 25.6 Å². The van der Waals surface area contributed by atoms with Crippen LogP contribution in [0.15, 0.2) is 43.0 Å². The summed E-state index contributed by atoms with van der Waals surface area (Å²) in [6.07, 6.45) is 10.2. The molecule has 1 fully saturated rings. The van der Waals surface area contributed by atoms with Crippen molar-refractivity contribution in [1.29, 1.82) is 0 Å². The Morgan fingerprint density at radius 2 is 1.93 bits per heavy atom. The fourth-order valence-electron chi connectivity index (χ4n) is 5.16. The van der Waals surface area contributed by atoms with Gasteiger partial charge in [-0.25, -0.2) is 23.7 Å². The van der Waals surface area contributed by atoms with E-state index in [-0.39, 0.29) is 29.6 Å². The second-order valence-electron chi connectivity index (χ2n) is 10.3. The molecule has 0 bridgehead atoms. The van der Waals surface area contributed by atoms with E-state index in [9.17, 15) is 13.6 Å². The van der Waals surface area contributed by atoms with E-state index in [4.69, 9.17) is 9.47 Å². The lowest BCUT2D eigenvalue weighted by Gasteiger charge is -2.30. The van der Waals surface area contributed by atoms with Crippen molar-refractivity contribution in [2.24, 2.45) is 0 Å². The van der Waals surface area contributed by atoms with Crippen molar-refractivity contribution in [3.05, 3.63) is 65.9 Å². The lowest BCUT2D eigenvalue weighted by atomic mass is 9.90. The van der Waals surface area contributed by atoms with Gasteiger partial charge in [-0.15, -0.1) is 0 Å². The van der Waals surface area contributed by atoms with E-state index in [0.717, 1.165) is 50.1 Å². The Morgan fingerprint density at radius 1 is 1.07 bits per heavy atom. The molecule has 4 aromatic rings. The van der Waals surface area contributed by atoms with Gasteiger partial charge >= 0.3 is 0 Å². The van der Waals surface area contributed by atoms with Crippen molar-refractivity contribution in [2.75, 3.05) is 31.7 Å². The molecule has 4 heterocycles. The molecule has 3 N–H and O–H groups in total. The first-order chi connectivity index (χ1) is 20.5. The molecule has 4 aromatic heterocycles. The number of fused-ring (bicyclic) bond motifs is 1. The molecule has 1 aliphatic rings. The number of aromatic nitrogens is 5. The maximum Gasteiger partial charge on any atom is 0.270 e. The summed E-state index contributed by atoms with van der Waals surface area (Å²) in [6.45, 7) is 4.42. The minimum atomic E-state index is -0.588. The number of nitrogens with one attached hydrogen (secondary N) is 3. The van der Waals surface area contributed by atoms with Crippen LogP contribution in [-0.2, 0) is 15.9 Å². The highest BCUT2D eigenvalue weighted by molar-refractivity contribution is 5.93. The summed E-state index contributed by atoms with van der Waals surface area (Å²) in [5.74, 6) is -0.992. The zero-order chi connectivity index (χ0) is 29.3. The predicted octanol–water partition coefficient (Wildman–Crippen LogP) is 4.83. The number of hydrogen-bond acceptors (Lipinski definition) is 8. The molecule has 5 rings (SSSR count). The first-order valence-corrected chi connectivity index (χ1v) is 14.3. The molecule has 0 aliphatic heterocycles. The van der Waals surface area contributed by atoms with E-state index >= 15 is 0 Å². The van der Waals surface area contributed by atoms with Crippen molar-refractivity contribution >= 4 is 22.8 Å². The second kappa shape index (κ2) is 14.2. The van der Waals surface area contributed by atoms with Gasteiger partial charge in [0, 0.05) is 48.6 Å². The number of anilines is 1. The number of aryl methyl sites for hydroxylation is 1. The smallest absolute Gasteiger partial charge is 0.270 e. The predicted molar refractivity (Wildman–Crippen MR) is 154 cm³/mol. The highest BCUT2D eigenvalue weighted by Crippen LogP contribution is 2.28. The van der Waals surface area contributed by atoms with Gasteiger partial charge in [-0.1, -0.05) is 0 Å². The number of carbonyl (C=O) groups excluding carboxylic acids is 1. The van der Waals surface area contributed by atoms with Gasteiger partial charge in [0.1, 0.15) is 17.2 Å². The minimum Gasteiger partial charge on any atom is -0.379 e. The van der Waals surface area contributed by atoms with Crippen LogP contribution in [0.2, 0.25) is 0 Å². The third-order valence-corrected chi connectivity index (χ3v) is 7.22. The van der Waals surface area contributed by atoms with Crippen LogP contribution in [0.1, 0.15) is 55.1 Å². The van der Waals surface area contributed by atoms with E-state index in [0.29, 0.717) is 55.1 Å². The van der Waals surface area contributed by atoms with E-state index < -0.39 is 11.6 Å². The summed E-state index contributed by atoms with van der Waals surface area (Å²) in [7, 11) is 0. The number of amides is 1. The van der Waals surface area contributed by atoms with Crippen LogP contribution in [0.4, 0.5) is 14.6 Å². The Balaban J connectivity index is 1.16. The molecule has 0 aromatic carbocycles. The number of carbonyl (C=O) groups is 1. The molecule has 1 amide bonds. The Labute approximate surface area is 242 Å².